The Morgan fingerprint density at radius 3 is 2.82 bits per heavy atom. The molecule has 0 unspecified atom stereocenters. The fraction of sp³-hybridized carbons (Fsp3) is 0.333. The van der Waals surface area contributed by atoms with Gasteiger partial charge in [0.15, 0.2) is 5.75 Å². The van der Waals surface area contributed by atoms with Crippen LogP contribution >= 0.6 is 0 Å². The number of anilines is 3. The Balaban J connectivity index is 1.58. The van der Waals surface area contributed by atoms with Gasteiger partial charge in [-0.2, -0.15) is 9.87 Å². The predicted octanol–water partition coefficient (Wildman–Crippen LogP) is 1.84. The molecule has 0 bridgehead atoms. The van der Waals surface area contributed by atoms with E-state index in [2.05, 4.69) is 31.2 Å². The SMILES string of the molecule is CC(=O)NCCNc1cc(C)nc(NC(=O)Nc2ccc3c(c2)CCOO3)n1. The highest BCUT2D eigenvalue weighted by Gasteiger charge is 2.13. The zero-order valence-electron chi connectivity index (χ0n) is 15.7. The van der Waals surface area contributed by atoms with E-state index in [1.54, 1.807) is 25.1 Å². The van der Waals surface area contributed by atoms with Crippen LogP contribution in [-0.4, -0.2) is 41.6 Å². The molecule has 28 heavy (non-hydrogen) atoms. The molecule has 10 nitrogen and oxygen atoms in total. The summed E-state index contributed by atoms with van der Waals surface area (Å²) >= 11 is 0. The number of carbonyl (C=O) groups excluding carboxylic acids is 2. The largest absolute Gasteiger partial charge is 0.368 e. The molecular formula is C18H22N6O4. The van der Waals surface area contributed by atoms with Crippen LogP contribution in [0.5, 0.6) is 5.75 Å². The minimum atomic E-state index is -0.456. The number of urea groups is 1. The Kier molecular flexibility index (Phi) is 6.22. The lowest BCUT2D eigenvalue weighted by atomic mass is 10.1. The Morgan fingerprint density at radius 2 is 2.00 bits per heavy atom. The van der Waals surface area contributed by atoms with Crippen LogP contribution in [0.2, 0.25) is 0 Å². The number of fused-ring (bicyclic) bond motifs is 1. The average molecular weight is 386 g/mol. The molecule has 1 aliphatic heterocycles. The van der Waals surface area contributed by atoms with Crippen molar-refractivity contribution < 1.29 is 19.4 Å². The zero-order valence-corrected chi connectivity index (χ0v) is 15.7. The number of hydrogen-bond donors (Lipinski definition) is 4. The second-order valence-electron chi connectivity index (χ2n) is 6.18. The van der Waals surface area contributed by atoms with Gasteiger partial charge in [0.2, 0.25) is 11.9 Å². The van der Waals surface area contributed by atoms with Crippen molar-refractivity contribution in [2.75, 3.05) is 35.6 Å². The number of carbonyl (C=O) groups is 2. The zero-order chi connectivity index (χ0) is 19.9. The van der Waals surface area contributed by atoms with E-state index < -0.39 is 6.03 Å². The van der Waals surface area contributed by atoms with Crippen LogP contribution < -0.4 is 26.2 Å². The summed E-state index contributed by atoms with van der Waals surface area (Å²) in [6.07, 6.45) is 0.709. The summed E-state index contributed by atoms with van der Waals surface area (Å²) in [5, 5.41) is 11.1. The molecule has 10 heteroatoms. The molecule has 0 atom stereocenters. The van der Waals surface area contributed by atoms with Crippen molar-refractivity contribution in [1.82, 2.24) is 15.3 Å². The molecule has 3 rings (SSSR count). The lowest BCUT2D eigenvalue weighted by molar-refractivity contribution is -0.215. The number of nitrogens with one attached hydrogen (secondary N) is 4. The van der Waals surface area contributed by atoms with Gasteiger partial charge in [0.25, 0.3) is 0 Å². The van der Waals surface area contributed by atoms with Gasteiger partial charge in [-0.1, -0.05) is 0 Å². The molecule has 0 fully saturated rings. The summed E-state index contributed by atoms with van der Waals surface area (Å²) in [5.74, 6) is 1.28. The minimum Gasteiger partial charge on any atom is -0.368 e. The maximum absolute atomic E-state index is 12.3. The van der Waals surface area contributed by atoms with E-state index in [9.17, 15) is 9.59 Å². The van der Waals surface area contributed by atoms with Gasteiger partial charge in [0.1, 0.15) is 5.82 Å². The quantitative estimate of drug-likeness (QED) is 0.441. The number of aryl methyl sites for hydroxylation is 1. The molecule has 2 aromatic rings. The Hall–Kier alpha value is -3.40. The van der Waals surface area contributed by atoms with Crippen molar-refractivity contribution in [1.29, 1.82) is 0 Å². The van der Waals surface area contributed by atoms with E-state index in [0.29, 0.717) is 49.1 Å². The first-order valence-electron chi connectivity index (χ1n) is 8.84. The van der Waals surface area contributed by atoms with Gasteiger partial charge in [-0.25, -0.2) is 9.78 Å². The third-order valence-corrected chi connectivity index (χ3v) is 3.81. The first-order valence-corrected chi connectivity index (χ1v) is 8.84. The highest BCUT2D eigenvalue weighted by Crippen LogP contribution is 2.26. The van der Waals surface area contributed by atoms with Crippen molar-refractivity contribution >= 4 is 29.4 Å². The van der Waals surface area contributed by atoms with Crippen LogP contribution in [0.3, 0.4) is 0 Å². The van der Waals surface area contributed by atoms with Crippen molar-refractivity contribution in [2.45, 2.75) is 20.3 Å². The van der Waals surface area contributed by atoms with Gasteiger partial charge in [0.05, 0.1) is 6.61 Å². The van der Waals surface area contributed by atoms with Gasteiger partial charge >= 0.3 is 6.03 Å². The van der Waals surface area contributed by atoms with Crippen LogP contribution in [0.15, 0.2) is 24.3 Å². The molecule has 1 aromatic heterocycles. The Labute approximate surface area is 162 Å². The number of hydrogen-bond acceptors (Lipinski definition) is 7. The molecule has 4 N–H and O–H groups in total. The Morgan fingerprint density at radius 1 is 1.14 bits per heavy atom. The molecular weight excluding hydrogens is 364 g/mol. The van der Waals surface area contributed by atoms with E-state index >= 15 is 0 Å². The maximum atomic E-state index is 12.3. The fourth-order valence-corrected chi connectivity index (χ4v) is 2.60. The van der Waals surface area contributed by atoms with Crippen molar-refractivity contribution in [3.8, 4) is 5.75 Å². The first-order chi connectivity index (χ1) is 13.5. The molecule has 0 saturated heterocycles. The molecule has 0 radical (unpaired) electrons. The van der Waals surface area contributed by atoms with Crippen LogP contribution in [0.1, 0.15) is 18.2 Å². The van der Waals surface area contributed by atoms with E-state index in [1.807, 2.05) is 6.07 Å². The summed E-state index contributed by atoms with van der Waals surface area (Å²) in [5.41, 5.74) is 2.28. The number of amides is 3. The normalized spacial score (nSPS) is 12.4. The summed E-state index contributed by atoms with van der Waals surface area (Å²) < 4.78 is 0. The number of benzene rings is 1. The summed E-state index contributed by atoms with van der Waals surface area (Å²) in [6.45, 7) is 4.70. The molecule has 148 valence electrons. The molecule has 0 saturated carbocycles. The molecule has 3 amide bonds. The third kappa shape index (κ3) is 5.55. The van der Waals surface area contributed by atoms with Crippen molar-refractivity contribution in [3.63, 3.8) is 0 Å². The minimum absolute atomic E-state index is 0.0963. The van der Waals surface area contributed by atoms with E-state index in [4.69, 9.17) is 9.78 Å². The fourth-order valence-electron chi connectivity index (χ4n) is 2.60. The molecule has 0 spiro atoms. The third-order valence-electron chi connectivity index (χ3n) is 3.81. The van der Waals surface area contributed by atoms with Gasteiger partial charge < -0.3 is 20.8 Å². The van der Waals surface area contributed by atoms with Gasteiger partial charge in [-0.3, -0.25) is 10.1 Å². The highest BCUT2D eigenvalue weighted by molar-refractivity contribution is 5.98. The molecule has 2 heterocycles. The van der Waals surface area contributed by atoms with Crippen LogP contribution in [0.25, 0.3) is 0 Å². The highest BCUT2D eigenvalue weighted by atomic mass is 17.2. The number of aromatic nitrogens is 2. The van der Waals surface area contributed by atoms with E-state index in [0.717, 1.165) is 5.56 Å². The van der Waals surface area contributed by atoms with E-state index in [-0.39, 0.29) is 11.9 Å². The first kappa shape index (κ1) is 19.4. The van der Waals surface area contributed by atoms with Crippen LogP contribution in [0, 0.1) is 6.92 Å². The van der Waals surface area contributed by atoms with Crippen LogP contribution in [0.4, 0.5) is 22.2 Å². The summed E-state index contributed by atoms with van der Waals surface area (Å²) in [4.78, 5) is 41.6. The summed E-state index contributed by atoms with van der Waals surface area (Å²) in [6, 6.07) is 6.60. The molecule has 1 aromatic carbocycles. The van der Waals surface area contributed by atoms with Crippen molar-refractivity contribution in [2.24, 2.45) is 0 Å². The van der Waals surface area contributed by atoms with E-state index in [1.165, 1.54) is 6.92 Å². The molecule has 1 aliphatic rings. The smallest absolute Gasteiger partial charge is 0.326 e. The maximum Gasteiger partial charge on any atom is 0.326 e. The monoisotopic (exact) mass is 386 g/mol. The van der Waals surface area contributed by atoms with Gasteiger partial charge in [-0.15, -0.1) is 0 Å². The average Bonchev–Trinajstić information content (AvgIpc) is 2.64. The van der Waals surface area contributed by atoms with Gasteiger partial charge in [-0.05, 0) is 25.1 Å². The topological polar surface area (TPSA) is 127 Å². The second-order valence-corrected chi connectivity index (χ2v) is 6.18. The lowest BCUT2D eigenvalue weighted by Gasteiger charge is -2.16. The number of rotatable bonds is 6. The summed E-state index contributed by atoms with van der Waals surface area (Å²) in [7, 11) is 0. The second kappa shape index (κ2) is 9.00. The van der Waals surface area contributed by atoms with Crippen LogP contribution in [-0.2, 0) is 16.1 Å². The predicted molar refractivity (Wildman–Crippen MR) is 103 cm³/mol. The standard InChI is InChI=1S/C18H22N6O4/c1-11-9-16(20-7-6-19-12(2)25)23-17(21-11)24-18(26)22-14-3-4-15-13(10-14)5-8-27-28-15/h3-4,9-10H,5-8H2,1-2H3,(H,19,25)(H3,20,21,22,23,24,26). The van der Waals surface area contributed by atoms with Gasteiger partial charge in [0, 0.05) is 49.4 Å². The Bertz CT molecular complexity index is 873. The number of nitrogens with zero attached hydrogens (tertiary/aromatic N) is 2. The lowest BCUT2D eigenvalue weighted by Crippen LogP contribution is -2.26. The van der Waals surface area contributed by atoms with Crippen molar-refractivity contribution in [3.05, 3.63) is 35.5 Å². The molecule has 0 aliphatic carbocycles.